The predicted molar refractivity (Wildman–Crippen MR) is 79.3 cm³/mol. The van der Waals surface area contributed by atoms with E-state index in [9.17, 15) is 4.79 Å². The maximum absolute atomic E-state index is 11.5. The first-order valence-electron chi connectivity index (χ1n) is 5.84. The number of halogens is 1. The van der Waals surface area contributed by atoms with Gasteiger partial charge in [0.15, 0.2) is 11.5 Å². The Kier molecular flexibility index (Phi) is 4.63. The molecule has 0 spiro atoms. The van der Waals surface area contributed by atoms with Crippen molar-refractivity contribution in [2.45, 2.75) is 0 Å². The molecule has 2 rings (SSSR count). The maximum Gasteiger partial charge on any atom is 0.231 e. The Bertz CT molecular complexity index is 625. The molecule has 0 fully saturated rings. The summed E-state index contributed by atoms with van der Waals surface area (Å²) in [6, 6.07) is 12.2. The van der Waals surface area contributed by atoms with Gasteiger partial charge in [-0.05, 0) is 40.2 Å². The summed E-state index contributed by atoms with van der Waals surface area (Å²) in [5.74, 6) is 2.21. The molecule has 0 N–H and O–H groups in total. The van der Waals surface area contributed by atoms with Crippen molar-refractivity contribution in [1.82, 2.24) is 0 Å². The Balaban J connectivity index is 2.33. The van der Waals surface area contributed by atoms with E-state index >= 15 is 0 Å². The number of carbonyl (C=O) groups excluding carboxylic acids is 1. The lowest BCUT2D eigenvalue weighted by Gasteiger charge is -2.12. The van der Waals surface area contributed by atoms with Gasteiger partial charge in [-0.3, -0.25) is 4.79 Å². The molecule has 0 aromatic heterocycles. The first-order chi connectivity index (χ1) is 9.65. The van der Waals surface area contributed by atoms with Crippen LogP contribution in [-0.2, 0) is 0 Å². The fourth-order valence-corrected chi connectivity index (χ4v) is 2.05. The third-order valence-electron chi connectivity index (χ3n) is 2.68. The molecule has 104 valence electrons. The number of benzene rings is 2. The van der Waals surface area contributed by atoms with Gasteiger partial charge >= 0.3 is 0 Å². The number of ether oxygens (including phenoxy) is 3. The molecular weight excluding hydrogens is 324 g/mol. The molecule has 0 unspecified atom stereocenters. The van der Waals surface area contributed by atoms with Crippen LogP contribution in [0.4, 0.5) is 0 Å². The Morgan fingerprint density at radius 3 is 2.30 bits per heavy atom. The van der Waals surface area contributed by atoms with E-state index in [0.717, 1.165) is 0 Å². The van der Waals surface area contributed by atoms with E-state index in [2.05, 4.69) is 15.9 Å². The Morgan fingerprint density at radius 1 is 0.950 bits per heavy atom. The molecule has 0 saturated heterocycles. The summed E-state index contributed by atoms with van der Waals surface area (Å²) in [5, 5.41) is 0. The molecular formula is C15H13BrO4. The van der Waals surface area contributed by atoms with Crippen LogP contribution in [0, 0.1) is 0 Å². The van der Waals surface area contributed by atoms with Gasteiger partial charge in [-0.15, -0.1) is 0 Å². The molecule has 20 heavy (non-hydrogen) atoms. The topological polar surface area (TPSA) is 44.8 Å². The zero-order chi connectivity index (χ0) is 14.5. The highest BCUT2D eigenvalue weighted by Crippen LogP contribution is 2.34. The zero-order valence-electron chi connectivity index (χ0n) is 11.1. The number of carbonyl (C=O) groups is 1. The summed E-state index contributed by atoms with van der Waals surface area (Å²) in [6.45, 7) is 0. The van der Waals surface area contributed by atoms with Gasteiger partial charge in [-0.1, -0.05) is 12.1 Å². The zero-order valence-corrected chi connectivity index (χ0v) is 12.6. The summed E-state index contributed by atoms with van der Waals surface area (Å²) >= 11 is 2.93. The van der Waals surface area contributed by atoms with Crippen LogP contribution in [0.2, 0.25) is 0 Å². The van der Waals surface area contributed by atoms with Crippen LogP contribution < -0.4 is 14.2 Å². The van der Waals surface area contributed by atoms with Gasteiger partial charge in [0, 0.05) is 6.07 Å². The molecule has 0 bridgehead atoms. The van der Waals surface area contributed by atoms with E-state index in [0.29, 0.717) is 28.6 Å². The lowest BCUT2D eigenvalue weighted by Crippen LogP contribution is -1.95. The van der Waals surface area contributed by atoms with E-state index < -0.39 is 0 Å². The van der Waals surface area contributed by atoms with Gasteiger partial charge in [0.05, 0.1) is 19.8 Å². The van der Waals surface area contributed by atoms with Gasteiger partial charge in [0.25, 0.3) is 0 Å². The fraction of sp³-hybridized carbons (Fsp3) is 0.133. The van der Waals surface area contributed by atoms with Crippen molar-refractivity contribution in [3.05, 3.63) is 48.0 Å². The molecule has 0 saturated carbocycles. The molecule has 2 aromatic rings. The van der Waals surface area contributed by atoms with Crippen molar-refractivity contribution in [3.63, 3.8) is 0 Å². The second-order valence-corrected chi connectivity index (χ2v) is 4.61. The highest BCUT2D eigenvalue weighted by atomic mass is 79.9. The Labute approximate surface area is 125 Å². The average Bonchev–Trinajstić information content (AvgIpc) is 2.47. The van der Waals surface area contributed by atoms with Crippen molar-refractivity contribution in [3.8, 4) is 23.0 Å². The highest BCUT2D eigenvalue weighted by molar-refractivity contribution is 9.18. The lowest BCUT2D eigenvalue weighted by molar-refractivity contribution is 0.109. The maximum atomic E-state index is 11.5. The molecule has 0 aliphatic rings. The number of rotatable bonds is 5. The van der Waals surface area contributed by atoms with E-state index in [4.69, 9.17) is 14.2 Å². The molecule has 4 nitrogen and oxygen atoms in total. The van der Waals surface area contributed by atoms with Crippen LogP contribution in [0.1, 0.15) is 10.4 Å². The first kappa shape index (κ1) is 14.4. The minimum atomic E-state index is -0.228. The van der Waals surface area contributed by atoms with Gasteiger partial charge in [0.1, 0.15) is 11.5 Å². The quantitative estimate of drug-likeness (QED) is 0.773. The largest absolute Gasteiger partial charge is 0.493 e. The normalized spacial score (nSPS) is 9.95. The van der Waals surface area contributed by atoms with Crippen molar-refractivity contribution in [2.24, 2.45) is 0 Å². The summed E-state index contributed by atoms with van der Waals surface area (Å²) in [5.41, 5.74) is 0.460. The first-order valence-corrected chi connectivity index (χ1v) is 6.63. The number of methoxy groups -OCH3 is 2. The van der Waals surface area contributed by atoms with E-state index in [1.807, 2.05) is 0 Å². The van der Waals surface area contributed by atoms with Crippen LogP contribution in [0.15, 0.2) is 42.5 Å². The van der Waals surface area contributed by atoms with Gasteiger partial charge in [-0.2, -0.15) is 0 Å². The molecule has 0 heterocycles. The molecule has 0 amide bonds. The fourth-order valence-electron chi connectivity index (χ4n) is 1.73. The van der Waals surface area contributed by atoms with Crippen LogP contribution in [0.5, 0.6) is 23.0 Å². The SMILES string of the molecule is COc1ccc(Oc2ccccc2C(=O)Br)cc1OC. The number of hydrogen-bond donors (Lipinski definition) is 0. The predicted octanol–water partition coefficient (Wildman–Crippen LogP) is 4.03. The highest BCUT2D eigenvalue weighted by Gasteiger charge is 2.11. The van der Waals surface area contributed by atoms with Crippen LogP contribution in [0.3, 0.4) is 0 Å². The van der Waals surface area contributed by atoms with Gasteiger partial charge < -0.3 is 14.2 Å². The van der Waals surface area contributed by atoms with Crippen molar-refractivity contribution in [1.29, 1.82) is 0 Å². The third-order valence-corrected chi connectivity index (χ3v) is 3.11. The summed E-state index contributed by atoms with van der Waals surface area (Å²) < 4.78 is 15.9. The Morgan fingerprint density at radius 2 is 1.65 bits per heavy atom. The second kappa shape index (κ2) is 6.43. The molecule has 0 aliphatic heterocycles. The molecule has 0 radical (unpaired) electrons. The van der Waals surface area contributed by atoms with Crippen molar-refractivity contribution in [2.75, 3.05) is 14.2 Å². The van der Waals surface area contributed by atoms with Gasteiger partial charge in [0.2, 0.25) is 4.69 Å². The molecule has 0 atom stereocenters. The summed E-state index contributed by atoms with van der Waals surface area (Å²) in [4.78, 5) is 11.5. The van der Waals surface area contributed by atoms with Crippen molar-refractivity contribution < 1.29 is 19.0 Å². The van der Waals surface area contributed by atoms with E-state index in [-0.39, 0.29) is 4.69 Å². The Hall–Kier alpha value is -2.01. The summed E-state index contributed by atoms with van der Waals surface area (Å²) in [6.07, 6.45) is 0. The van der Waals surface area contributed by atoms with Crippen LogP contribution in [-0.4, -0.2) is 18.9 Å². The second-order valence-electron chi connectivity index (χ2n) is 3.89. The smallest absolute Gasteiger partial charge is 0.231 e. The third kappa shape index (κ3) is 3.11. The number of hydrogen-bond acceptors (Lipinski definition) is 4. The number of para-hydroxylation sites is 1. The van der Waals surface area contributed by atoms with E-state index in [1.54, 1.807) is 56.7 Å². The van der Waals surface area contributed by atoms with Gasteiger partial charge in [-0.25, -0.2) is 0 Å². The monoisotopic (exact) mass is 336 g/mol. The van der Waals surface area contributed by atoms with E-state index in [1.165, 1.54) is 0 Å². The van der Waals surface area contributed by atoms with Crippen LogP contribution in [0.25, 0.3) is 0 Å². The average molecular weight is 337 g/mol. The summed E-state index contributed by atoms with van der Waals surface area (Å²) in [7, 11) is 3.12. The van der Waals surface area contributed by atoms with Crippen molar-refractivity contribution >= 4 is 20.6 Å². The molecule has 0 aliphatic carbocycles. The minimum absolute atomic E-state index is 0.228. The standard InChI is InChI=1S/C15H13BrO4/c1-18-13-8-7-10(9-14(13)19-2)20-12-6-4-3-5-11(12)15(16)17/h3-9H,1-2H3. The molecule has 5 heteroatoms. The lowest BCUT2D eigenvalue weighted by atomic mass is 10.2. The minimum Gasteiger partial charge on any atom is -0.493 e. The van der Waals surface area contributed by atoms with Crippen LogP contribution >= 0.6 is 15.9 Å². The molecule has 2 aromatic carbocycles.